The molecular weight excluding hydrogens is 286 g/mol. The molecule has 18 heavy (non-hydrogen) atoms. The zero-order chi connectivity index (χ0) is 12.8. The normalized spacial score (nSPS) is 10.6. The molecule has 0 spiro atoms. The van der Waals surface area contributed by atoms with E-state index < -0.39 is 0 Å². The van der Waals surface area contributed by atoms with E-state index in [1.165, 1.54) is 23.1 Å². The molecule has 1 nitrogen and oxygen atoms in total. The largest absolute Gasteiger partial charge is 0.313 e. The summed E-state index contributed by atoms with van der Waals surface area (Å²) in [6.45, 7) is 4.20. The Morgan fingerprint density at radius 1 is 1.00 bits per heavy atom. The van der Waals surface area contributed by atoms with Crippen molar-refractivity contribution in [2.24, 2.45) is 0 Å². The number of halogens is 1. The minimum absolute atomic E-state index is 0.943. The molecule has 0 radical (unpaired) electrons. The van der Waals surface area contributed by atoms with Crippen molar-refractivity contribution in [2.45, 2.75) is 19.9 Å². The second-order valence-corrected chi connectivity index (χ2v) is 5.30. The van der Waals surface area contributed by atoms with E-state index in [0.29, 0.717) is 0 Å². The van der Waals surface area contributed by atoms with E-state index in [1.807, 2.05) is 0 Å². The van der Waals surface area contributed by atoms with E-state index in [1.54, 1.807) is 0 Å². The van der Waals surface area contributed by atoms with Gasteiger partial charge in [-0.1, -0.05) is 53.2 Å². The van der Waals surface area contributed by atoms with Crippen molar-refractivity contribution in [3.8, 4) is 11.1 Å². The topological polar surface area (TPSA) is 12.0 Å². The van der Waals surface area contributed by atoms with Gasteiger partial charge in [0.15, 0.2) is 0 Å². The minimum atomic E-state index is 0.943. The van der Waals surface area contributed by atoms with Gasteiger partial charge in [-0.15, -0.1) is 0 Å². The van der Waals surface area contributed by atoms with Crippen LogP contribution in [0, 0.1) is 0 Å². The molecule has 2 aromatic carbocycles. The van der Waals surface area contributed by atoms with Gasteiger partial charge in [0, 0.05) is 11.0 Å². The van der Waals surface area contributed by atoms with Crippen molar-refractivity contribution < 1.29 is 0 Å². The Morgan fingerprint density at radius 3 is 2.50 bits per heavy atom. The predicted octanol–water partition coefficient (Wildman–Crippen LogP) is 4.62. The van der Waals surface area contributed by atoms with Crippen LogP contribution >= 0.6 is 15.9 Å². The maximum Gasteiger partial charge on any atom is 0.0205 e. The highest BCUT2D eigenvalue weighted by atomic mass is 79.9. The third-order valence-corrected chi connectivity index (χ3v) is 3.39. The third-order valence-electron chi connectivity index (χ3n) is 2.86. The molecule has 0 bridgehead atoms. The molecule has 0 saturated carbocycles. The molecule has 0 aliphatic carbocycles. The zero-order valence-corrected chi connectivity index (χ0v) is 12.2. The third kappa shape index (κ3) is 3.69. The molecule has 2 aromatic rings. The summed E-state index contributed by atoms with van der Waals surface area (Å²) < 4.78 is 1.12. The number of nitrogens with one attached hydrogen (secondary N) is 1. The van der Waals surface area contributed by atoms with Crippen molar-refractivity contribution in [3.63, 3.8) is 0 Å². The summed E-state index contributed by atoms with van der Waals surface area (Å²) in [6.07, 6.45) is 1.17. The zero-order valence-electron chi connectivity index (χ0n) is 10.6. The lowest BCUT2D eigenvalue weighted by atomic mass is 10.0. The molecule has 0 aliphatic rings. The van der Waals surface area contributed by atoms with Gasteiger partial charge >= 0.3 is 0 Å². The van der Waals surface area contributed by atoms with Gasteiger partial charge in [0.2, 0.25) is 0 Å². The standard InChI is InChI=1S/C16H18BrN/c1-2-10-18-12-13-4-3-5-15(11-13)14-6-8-16(17)9-7-14/h3-9,11,18H,2,10,12H2,1H3. The summed E-state index contributed by atoms with van der Waals surface area (Å²) in [5, 5.41) is 3.43. The average molecular weight is 304 g/mol. The molecule has 0 heterocycles. The van der Waals surface area contributed by atoms with Gasteiger partial charge in [0.05, 0.1) is 0 Å². The highest BCUT2D eigenvalue weighted by molar-refractivity contribution is 9.10. The number of hydrogen-bond acceptors (Lipinski definition) is 1. The van der Waals surface area contributed by atoms with Gasteiger partial charge in [-0.3, -0.25) is 0 Å². The Labute approximate surface area is 117 Å². The summed E-state index contributed by atoms with van der Waals surface area (Å²) in [4.78, 5) is 0. The minimum Gasteiger partial charge on any atom is -0.313 e. The van der Waals surface area contributed by atoms with Crippen LogP contribution < -0.4 is 5.32 Å². The Kier molecular flexibility index (Phi) is 4.97. The Balaban J connectivity index is 2.13. The lowest BCUT2D eigenvalue weighted by Gasteiger charge is -2.07. The van der Waals surface area contributed by atoms with Gasteiger partial charge < -0.3 is 5.32 Å². The van der Waals surface area contributed by atoms with Crippen LogP contribution in [0.3, 0.4) is 0 Å². The summed E-state index contributed by atoms with van der Waals surface area (Å²) in [5.74, 6) is 0. The molecule has 2 rings (SSSR count). The number of hydrogen-bond donors (Lipinski definition) is 1. The van der Waals surface area contributed by atoms with Gasteiger partial charge in [0.1, 0.15) is 0 Å². The maximum atomic E-state index is 3.46. The maximum absolute atomic E-state index is 3.46. The van der Waals surface area contributed by atoms with Crippen molar-refractivity contribution in [3.05, 3.63) is 58.6 Å². The molecule has 0 unspecified atom stereocenters. The molecule has 0 atom stereocenters. The highest BCUT2D eigenvalue weighted by Crippen LogP contribution is 2.22. The predicted molar refractivity (Wildman–Crippen MR) is 81.6 cm³/mol. The molecule has 0 aromatic heterocycles. The molecule has 0 fully saturated rings. The lowest BCUT2D eigenvalue weighted by Crippen LogP contribution is -2.13. The molecule has 94 valence electrons. The summed E-state index contributed by atoms with van der Waals surface area (Å²) in [7, 11) is 0. The fourth-order valence-electron chi connectivity index (χ4n) is 1.91. The van der Waals surface area contributed by atoms with Gasteiger partial charge in [-0.25, -0.2) is 0 Å². The molecule has 1 N–H and O–H groups in total. The lowest BCUT2D eigenvalue weighted by molar-refractivity contribution is 0.675. The van der Waals surface area contributed by atoms with Gasteiger partial charge in [-0.05, 0) is 47.9 Å². The van der Waals surface area contributed by atoms with E-state index in [-0.39, 0.29) is 0 Å². The monoisotopic (exact) mass is 303 g/mol. The fraction of sp³-hybridized carbons (Fsp3) is 0.250. The van der Waals surface area contributed by atoms with Crippen molar-refractivity contribution in [1.29, 1.82) is 0 Å². The van der Waals surface area contributed by atoms with Crippen LogP contribution in [0.5, 0.6) is 0 Å². The van der Waals surface area contributed by atoms with Gasteiger partial charge in [0.25, 0.3) is 0 Å². The Hall–Kier alpha value is -1.12. The Bertz CT molecular complexity index is 491. The number of benzene rings is 2. The molecule has 2 heteroatoms. The molecular formula is C16H18BrN. The summed E-state index contributed by atoms with van der Waals surface area (Å²) >= 11 is 3.46. The second kappa shape index (κ2) is 6.72. The van der Waals surface area contributed by atoms with Crippen LogP contribution in [0.15, 0.2) is 53.0 Å². The molecule has 0 aliphatic heterocycles. The SMILES string of the molecule is CCCNCc1cccc(-c2ccc(Br)cc2)c1. The number of rotatable bonds is 5. The molecule has 0 saturated heterocycles. The van der Waals surface area contributed by atoms with E-state index in [4.69, 9.17) is 0 Å². The first-order chi connectivity index (χ1) is 8.79. The molecule has 0 amide bonds. The van der Waals surface area contributed by atoms with E-state index in [2.05, 4.69) is 76.7 Å². The second-order valence-electron chi connectivity index (χ2n) is 4.38. The van der Waals surface area contributed by atoms with Crippen LogP contribution in [0.2, 0.25) is 0 Å². The average Bonchev–Trinajstić information content (AvgIpc) is 2.40. The quantitative estimate of drug-likeness (QED) is 0.795. The van der Waals surface area contributed by atoms with E-state index >= 15 is 0 Å². The van der Waals surface area contributed by atoms with E-state index in [9.17, 15) is 0 Å². The Morgan fingerprint density at radius 2 is 1.78 bits per heavy atom. The van der Waals surface area contributed by atoms with Crippen LogP contribution in [0.1, 0.15) is 18.9 Å². The van der Waals surface area contributed by atoms with Crippen LogP contribution in [0.4, 0.5) is 0 Å². The first-order valence-electron chi connectivity index (χ1n) is 6.35. The van der Waals surface area contributed by atoms with Gasteiger partial charge in [-0.2, -0.15) is 0 Å². The van der Waals surface area contributed by atoms with Crippen molar-refractivity contribution in [1.82, 2.24) is 5.32 Å². The smallest absolute Gasteiger partial charge is 0.0205 e. The van der Waals surface area contributed by atoms with Crippen molar-refractivity contribution >= 4 is 15.9 Å². The summed E-state index contributed by atoms with van der Waals surface area (Å²) in [5.41, 5.74) is 3.87. The van der Waals surface area contributed by atoms with Crippen molar-refractivity contribution in [2.75, 3.05) is 6.54 Å². The first-order valence-corrected chi connectivity index (χ1v) is 7.14. The summed E-state index contributed by atoms with van der Waals surface area (Å²) in [6, 6.07) is 17.2. The van der Waals surface area contributed by atoms with E-state index in [0.717, 1.165) is 17.6 Å². The fourth-order valence-corrected chi connectivity index (χ4v) is 2.18. The van der Waals surface area contributed by atoms with Crippen LogP contribution in [0.25, 0.3) is 11.1 Å². The highest BCUT2D eigenvalue weighted by Gasteiger charge is 1.99. The van der Waals surface area contributed by atoms with Crippen LogP contribution in [-0.4, -0.2) is 6.54 Å². The first kappa shape index (κ1) is 13.3. The van der Waals surface area contributed by atoms with Crippen LogP contribution in [-0.2, 0) is 6.54 Å².